The molecule has 10 heteroatoms. The van der Waals surface area contributed by atoms with Crippen molar-refractivity contribution in [1.29, 1.82) is 0 Å². The van der Waals surface area contributed by atoms with Gasteiger partial charge in [0.05, 0.1) is 19.0 Å². The van der Waals surface area contributed by atoms with E-state index in [0.29, 0.717) is 30.7 Å². The summed E-state index contributed by atoms with van der Waals surface area (Å²) in [4.78, 5) is 4.13. The lowest BCUT2D eigenvalue weighted by Crippen LogP contribution is -2.37. The molecule has 0 aliphatic carbocycles. The summed E-state index contributed by atoms with van der Waals surface area (Å²) in [6.45, 7) is 1.73. The van der Waals surface area contributed by atoms with Crippen molar-refractivity contribution in [2.24, 2.45) is 4.99 Å². The molecule has 2 aromatic rings. The van der Waals surface area contributed by atoms with Crippen LogP contribution in [-0.4, -0.2) is 46.9 Å². The Bertz CT molecular complexity index is 939. The first-order valence-corrected chi connectivity index (χ1v) is 11.1. The van der Waals surface area contributed by atoms with Crippen LogP contribution in [-0.2, 0) is 16.6 Å². The summed E-state index contributed by atoms with van der Waals surface area (Å²) in [6.07, 6.45) is 0.841. The molecule has 164 valence electrons. The molecule has 1 aliphatic rings. The third-order valence-electron chi connectivity index (χ3n) is 4.24. The van der Waals surface area contributed by atoms with Gasteiger partial charge in [0, 0.05) is 38.3 Å². The summed E-state index contributed by atoms with van der Waals surface area (Å²) >= 11 is 0. The molecule has 3 N–H and O–H groups in total. The van der Waals surface area contributed by atoms with Crippen LogP contribution in [0.25, 0.3) is 0 Å². The van der Waals surface area contributed by atoms with Gasteiger partial charge in [0.15, 0.2) is 17.5 Å². The van der Waals surface area contributed by atoms with Gasteiger partial charge >= 0.3 is 0 Å². The van der Waals surface area contributed by atoms with Gasteiger partial charge in [-0.3, -0.25) is 4.99 Å². The lowest BCUT2D eigenvalue weighted by molar-refractivity contribution is 0.297. The fourth-order valence-corrected chi connectivity index (χ4v) is 3.62. The maximum atomic E-state index is 12.2. The Kier molecular flexibility index (Phi) is 9.66. The predicted molar refractivity (Wildman–Crippen MR) is 130 cm³/mol. The third kappa shape index (κ3) is 7.65. The first-order chi connectivity index (χ1) is 14.1. The van der Waals surface area contributed by atoms with Gasteiger partial charge < -0.3 is 20.1 Å². The van der Waals surface area contributed by atoms with Crippen molar-refractivity contribution in [2.45, 2.75) is 13.0 Å². The van der Waals surface area contributed by atoms with Crippen molar-refractivity contribution < 1.29 is 17.9 Å². The molecule has 0 aromatic heterocycles. The molecular formula is C20H27IN4O4S. The van der Waals surface area contributed by atoms with Crippen LogP contribution >= 0.6 is 24.0 Å². The lowest BCUT2D eigenvalue weighted by atomic mass is 10.2. The highest BCUT2D eigenvalue weighted by Gasteiger charge is 2.13. The predicted octanol–water partition coefficient (Wildman–Crippen LogP) is 2.57. The van der Waals surface area contributed by atoms with Gasteiger partial charge in [0.2, 0.25) is 10.0 Å². The maximum Gasteiger partial charge on any atom is 0.213 e. The molecule has 0 unspecified atom stereocenters. The topological polar surface area (TPSA) is 101 Å². The summed E-state index contributed by atoms with van der Waals surface area (Å²) in [6, 6.07) is 14.9. The summed E-state index contributed by atoms with van der Waals surface area (Å²) in [7, 11) is -1.78. The zero-order valence-electron chi connectivity index (χ0n) is 16.8. The Morgan fingerprint density at radius 1 is 1.07 bits per heavy atom. The molecular weight excluding hydrogens is 519 g/mol. The molecule has 2 aromatic carbocycles. The van der Waals surface area contributed by atoms with Crippen molar-refractivity contribution >= 4 is 45.6 Å². The maximum absolute atomic E-state index is 12.2. The van der Waals surface area contributed by atoms with Crippen LogP contribution < -0.4 is 24.8 Å². The van der Waals surface area contributed by atoms with Crippen molar-refractivity contribution in [2.75, 3.05) is 37.9 Å². The monoisotopic (exact) mass is 546 g/mol. The number of sulfonamides is 1. The fraction of sp³-hybridized carbons (Fsp3) is 0.350. The van der Waals surface area contributed by atoms with Crippen molar-refractivity contribution in [3.8, 4) is 11.5 Å². The molecule has 0 saturated heterocycles. The second kappa shape index (κ2) is 12.0. The standard InChI is InChI=1S/C20H26N4O4S.HI/c1-21-20(24-17-8-9-18-19(14-17)28-12-5-11-27-18)22-10-13-29(25,26)23-15-16-6-3-2-4-7-16;/h2-4,6-9,14,23H,5,10-13,15H2,1H3,(H2,21,22,24);1H. The normalized spacial score (nSPS) is 13.7. The van der Waals surface area contributed by atoms with E-state index in [4.69, 9.17) is 9.47 Å². The van der Waals surface area contributed by atoms with Crippen LogP contribution in [0.1, 0.15) is 12.0 Å². The Hall–Kier alpha value is -2.05. The molecule has 0 fully saturated rings. The van der Waals surface area contributed by atoms with E-state index >= 15 is 0 Å². The highest BCUT2D eigenvalue weighted by Crippen LogP contribution is 2.32. The molecule has 0 saturated carbocycles. The van der Waals surface area contributed by atoms with E-state index in [1.807, 2.05) is 48.5 Å². The summed E-state index contributed by atoms with van der Waals surface area (Å²) in [5.74, 6) is 1.79. The van der Waals surface area contributed by atoms with Crippen molar-refractivity contribution in [1.82, 2.24) is 10.0 Å². The van der Waals surface area contributed by atoms with Gasteiger partial charge in [-0.25, -0.2) is 13.1 Å². The molecule has 0 radical (unpaired) electrons. The second-order valence-electron chi connectivity index (χ2n) is 6.46. The van der Waals surface area contributed by atoms with Crippen LogP contribution in [0.5, 0.6) is 11.5 Å². The Labute approximate surface area is 194 Å². The first-order valence-electron chi connectivity index (χ1n) is 9.44. The molecule has 8 nitrogen and oxygen atoms in total. The number of aliphatic imine (C=N–C) groups is 1. The Balaban J connectivity index is 0.00000320. The minimum Gasteiger partial charge on any atom is -0.490 e. The number of halogens is 1. The highest BCUT2D eigenvalue weighted by atomic mass is 127. The number of hydrogen-bond acceptors (Lipinski definition) is 5. The number of anilines is 1. The largest absolute Gasteiger partial charge is 0.490 e. The zero-order valence-corrected chi connectivity index (χ0v) is 19.9. The van der Waals surface area contributed by atoms with Gasteiger partial charge in [-0.1, -0.05) is 30.3 Å². The number of hydrogen-bond donors (Lipinski definition) is 3. The third-order valence-corrected chi connectivity index (χ3v) is 5.56. The smallest absolute Gasteiger partial charge is 0.213 e. The molecule has 30 heavy (non-hydrogen) atoms. The molecule has 0 spiro atoms. The number of ether oxygens (including phenoxy) is 2. The Morgan fingerprint density at radius 3 is 2.53 bits per heavy atom. The number of nitrogens with zero attached hydrogens (tertiary/aromatic N) is 1. The lowest BCUT2D eigenvalue weighted by Gasteiger charge is -2.14. The zero-order chi connectivity index (χ0) is 20.5. The summed E-state index contributed by atoms with van der Waals surface area (Å²) in [5, 5.41) is 6.14. The average molecular weight is 546 g/mol. The van der Waals surface area contributed by atoms with E-state index in [1.165, 1.54) is 0 Å². The number of benzene rings is 2. The van der Waals surface area contributed by atoms with Gasteiger partial charge in [-0.05, 0) is 17.7 Å². The Morgan fingerprint density at radius 2 is 1.80 bits per heavy atom. The molecule has 0 amide bonds. The van der Waals surface area contributed by atoms with Crippen LogP contribution in [0.4, 0.5) is 5.69 Å². The van der Waals surface area contributed by atoms with E-state index in [9.17, 15) is 8.42 Å². The number of fused-ring (bicyclic) bond motifs is 1. The van der Waals surface area contributed by atoms with Crippen LogP contribution in [0.15, 0.2) is 53.5 Å². The van der Waals surface area contributed by atoms with Gasteiger partial charge in [0.1, 0.15) is 0 Å². The van der Waals surface area contributed by atoms with E-state index in [0.717, 1.165) is 17.7 Å². The SMILES string of the molecule is CN=C(NCCS(=O)(=O)NCc1ccccc1)Nc1ccc2c(c1)OCCCO2.I. The second-order valence-corrected chi connectivity index (χ2v) is 8.39. The number of guanidine groups is 1. The molecule has 0 bridgehead atoms. The quantitative estimate of drug-likeness (QED) is 0.281. The van der Waals surface area contributed by atoms with E-state index in [-0.39, 0.29) is 42.8 Å². The average Bonchev–Trinajstić information content (AvgIpc) is 2.97. The van der Waals surface area contributed by atoms with E-state index in [2.05, 4.69) is 20.3 Å². The van der Waals surface area contributed by atoms with Gasteiger partial charge in [-0.15, -0.1) is 24.0 Å². The highest BCUT2D eigenvalue weighted by molar-refractivity contribution is 14.0. The first kappa shape index (κ1) is 24.2. The van der Waals surface area contributed by atoms with Crippen molar-refractivity contribution in [3.63, 3.8) is 0 Å². The summed E-state index contributed by atoms with van der Waals surface area (Å²) in [5.41, 5.74) is 1.68. The van der Waals surface area contributed by atoms with E-state index < -0.39 is 10.0 Å². The van der Waals surface area contributed by atoms with Crippen LogP contribution in [0.2, 0.25) is 0 Å². The van der Waals surface area contributed by atoms with E-state index in [1.54, 1.807) is 7.05 Å². The molecule has 1 heterocycles. The van der Waals surface area contributed by atoms with Gasteiger partial charge in [0.25, 0.3) is 0 Å². The minimum atomic E-state index is -3.40. The fourth-order valence-electron chi connectivity index (χ4n) is 2.72. The number of rotatable bonds is 7. The van der Waals surface area contributed by atoms with Crippen LogP contribution in [0, 0.1) is 0 Å². The minimum absolute atomic E-state index is 0. The van der Waals surface area contributed by atoms with Crippen LogP contribution in [0.3, 0.4) is 0 Å². The van der Waals surface area contributed by atoms with Gasteiger partial charge in [-0.2, -0.15) is 0 Å². The molecule has 3 rings (SSSR count). The number of nitrogens with one attached hydrogen (secondary N) is 3. The summed E-state index contributed by atoms with van der Waals surface area (Å²) < 4.78 is 38.3. The molecule has 0 atom stereocenters. The molecule has 1 aliphatic heterocycles. The van der Waals surface area contributed by atoms with Crippen molar-refractivity contribution in [3.05, 3.63) is 54.1 Å².